The Morgan fingerprint density at radius 1 is 0.500 bits per heavy atom. The minimum Gasteiger partial charge on any atom is -0.207 e. The van der Waals surface area contributed by atoms with Crippen molar-refractivity contribution < 1.29 is 8.78 Å². The molecule has 5 heteroatoms. The van der Waals surface area contributed by atoms with E-state index in [2.05, 4.69) is 12.1 Å². The number of nitrogens with zero attached hydrogens (tertiary/aromatic N) is 3. The van der Waals surface area contributed by atoms with Gasteiger partial charge in [0.2, 0.25) is 0 Å². The Bertz CT molecular complexity index is 1470. The van der Waals surface area contributed by atoms with Gasteiger partial charge in [-0.05, 0) is 46.2 Å². The second-order valence-electron chi connectivity index (χ2n) is 7.81. The van der Waals surface area contributed by atoms with E-state index in [9.17, 15) is 8.78 Å². The lowest BCUT2D eigenvalue weighted by molar-refractivity contribution is 0.523. The van der Waals surface area contributed by atoms with Gasteiger partial charge in [0.1, 0.15) is 28.7 Å². The maximum Gasteiger partial charge on any atom is 0.123 e. The normalized spacial score (nSPS) is 11.7. The summed E-state index contributed by atoms with van der Waals surface area (Å²) in [5, 5.41) is 14.1. The Morgan fingerprint density at radius 3 is 1.28 bits per heavy atom. The van der Waals surface area contributed by atoms with Gasteiger partial charge in [-0.1, -0.05) is 72.8 Å². The first-order valence-corrected chi connectivity index (χ1v) is 10.4. The fourth-order valence-electron chi connectivity index (χ4n) is 4.40. The standard InChI is InChI=1S/C27H17F2N3/c28-19-13-9-17(10-14-19)27(18-11-15-20(29)16-12-18)32-30-25-23-7-3-1-5-21(23)22-6-2-4-8-24(22)26(25)31-32/h1-16,27H. The summed E-state index contributed by atoms with van der Waals surface area (Å²) >= 11 is 0. The van der Waals surface area contributed by atoms with Crippen molar-refractivity contribution >= 4 is 32.6 Å². The van der Waals surface area contributed by atoms with E-state index in [1.807, 2.05) is 36.4 Å². The molecule has 6 rings (SSSR count). The van der Waals surface area contributed by atoms with Crippen LogP contribution in [-0.4, -0.2) is 15.0 Å². The molecule has 0 aliphatic carbocycles. The van der Waals surface area contributed by atoms with Crippen LogP contribution < -0.4 is 0 Å². The van der Waals surface area contributed by atoms with Crippen LogP contribution in [0.5, 0.6) is 0 Å². The second-order valence-corrected chi connectivity index (χ2v) is 7.81. The average Bonchev–Trinajstić information content (AvgIpc) is 3.27. The zero-order valence-corrected chi connectivity index (χ0v) is 16.9. The second kappa shape index (κ2) is 7.24. The quantitative estimate of drug-likeness (QED) is 0.299. The van der Waals surface area contributed by atoms with Crippen LogP contribution >= 0.6 is 0 Å². The number of halogens is 2. The average molecular weight is 421 g/mol. The molecule has 32 heavy (non-hydrogen) atoms. The lowest BCUT2D eigenvalue weighted by Gasteiger charge is -2.17. The fraction of sp³-hybridized carbons (Fsp3) is 0.0370. The predicted octanol–water partition coefficient (Wildman–Crippen LogP) is 6.65. The van der Waals surface area contributed by atoms with Crippen LogP contribution in [0.2, 0.25) is 0 Å². The van der Waals surface area contributed by atoms with Gasteiger partial charge in [0, 0.05) is 10.8 Å². The van der Waals surface area contributed by atoms with E-state index < -0.39 is 6.04 Å². The first kappa shape index (κ1) is 18.6. The van der Waals surface area contributed by atoms with E-state index in [1.54, 1.807) is 29.1 Å². The molecule has 154 valence electrons. The van der Waals surface area contributed by atoms with Gasteiger partial charge in [0.05, 0.1) is 0 Å². The van der Waals surface area contributed by atoms with Crippen LogP contribution in [0.15, 0.2) is 97.1 Å². The molecule has 1 heterocycles. The molecule has 0 N–H and O–H groups in total. The molecule has 6 aromatic rings. The van der Waals surface area contributed by atoms with Crippen LogP contribution in [0.3, 0.4) is 0 Å². The minimum atomic E-state index is -0.430. The number of rotatable bonds is 3. The lowest BCUT2D eigenvalue weighted by atomic mass is 9.99. The zero-order valence-electron chi connectivity index (χ0n) is 16.9. The first-order valence-electron chi connectivity index (χ1n) is 10.4. The third-order valence-corrected chi connectivity index (χ3v) is 5.89. The summed E-state index contributed by atoms with van der Waals surface area (Å²) < 4.78 is 27.3. The van der Waals surface area contributed by atoms with Crippen molar-refractivity contribution in [1.82, 2.24) is 15.0 Å². The molecule has 0 amide bonds. The summed E-state index contributed by atoms with van der Waals surface area (Å²) in [6.07, 6.45) is 0. The van der Waals surface area contributed by atoms with Crippen molar-refractivity contribution in [3.63, 3.8) is 0 Å². The van der Waals surface area contributed by atoms with Crippen molar-refractivity contribution in [2.45, 2.75) is 6.04 Å². The van der Waals surface area contributed by atoms with Crippen molar-refractivity contribution in [3.05, 3.63) is 120 Å². The van der Waals surface area contributed by atoms with Crippen molar-refractivity contribution in [2.75, 3.05) is 0 Å². The molecule has 0 atom stereocenters. The van der Waals surface area contributed by atoms with Crippen molar-refractivity contribution in [2.24, 2.45) is 0 Å². The largest absolute Gasteiger partial charge is 0.207 e. The van der Waals surface area contributed by atoms with Gasteiger partial charge in [-0.3, -0.25) is 0 Å². The number of aromatic nitrogens is 3. The molecule has 0 unspecified atom stereocenters. The van der Waals surface area contributed by atoms with E-state index in [0.717, 1.165) is 43.7 Å². The first-order chi connectivity index (χ1) is 15.7. The van der Waals surface area contributed by atoms with Crippen LogP contribution in [0.1, 0.15) is 17.2 Å². The summed E-state index contributed by atoms with van der Waals surface area (Å²) in [4.78, 5) is 1.66. The van der Waals surface area contributed by atoms with Crippen molar-refractivity contribution in [3.8, 4) is 0 Å². The molecule has 3 nitrogen and oxygen atoms in total. The van der Waals surface area contributed by atoms with Crippen molar-refractivity contribution in [1.29, 1.82) is 0 Å². The number of hydrogen-bond donors (Lipinski definition) is 0. The third kappa shape index (κ3) is 2.94. The summed E-state index contributed by atoms with van der Waals surface area (Å²) in [7, 11) is 0. The molecule has 0 aliphatic rings. The topological polar surface area (TPSA) is 30.7 Å². The van der Waals surface area contributed by atoms with E-state index in [4.69, 9.17) is 10.2 Å². The molecular weight excluding hydrogens is 404 g/mol. The Kier molecular flexibility index (Phi) is 4.21. The molecule has 0 radical (unpaired) electrons. The van der Waals surface area contributed by atoms with Gasteiger partial charge in [-0.15, -0.1) is 0 Å². The fourth-order valence-corrected chi connectivity index (χ4v) is 4.40. The summed E-state index contributed by atoms with van der Waals surface area (Å²) in [6, 6.07) is 28.4. The van der Waals surface area contributed by atoms with E-state index in [1.165, 1.54) is 24.3 Å². The molecule has 0 aliphatic heterocycles. The molecule has 0 fully saturated rings. The Morgan fingerprint density at radius 2 is 0.875 bits per heavy atom. The van der Waals surface area contributed by atoms with Gasteiger partial charge >= 0.3 is 0 Å². The van der Waals surface area contributed by atoms with Crippen LogP contribution in [0.25, 0.3) is 32.6 Å². The lowest BCUT2D eigenvalue weighted by Crippen LogP contribution is -2.15. The molecule has 0 saturated heterocycles. The highest BCUT2D eigenvalue weighted by Crippen LogP contribution is 2.34. The Hall–Kier alpha value is -4.12. The minimum absolute atomic E-state index is 0.317. The Balaban J connectivity index is 1.67. The summed E-state index contributed by atoms with van der Waals surface area (Å²) in [5.74, 6) is -0.635. The van der Waals surface area contributed by atoms with Crippen LogP contribution in [-0.2, 0) is 0 Å². The SMILES string of the molecule is Fc1ccc(C(c2ccc(F)cc2)n2nc3c4ccccc4c4ccccc4c3n2)cc1. The van der Waals surface area contributed by atoms with Gasteiger partial charge in [0.25, 0.3) is 0 Å². The van der Waals surface area contributed by atoms with Crippen LogP contribution in [0.4, 0.5) is 8.78 Å². The molecule has 0 spiro atoms. The van der Waals surface area contributed by atoms with E-state index >= 15 is 0 Å². The third-order valence-electron chi connectivity index (χ3n) is 5.89. The number of fused-ring (bicyclic) bond motifs is 6. The van der Waals surface area contributed by atoms with Gasteiger partial charge in [0.15, 0.2) is 0 Å². The van der Waals surface area contributed by atoms with Gasteiger partial charge < -0.3 is 0 Å². The predicted molar refractivity (Wildman–Crippen MR) is 123 cm³/mol. The number of benzene rings is 5. The smallest absolute Gasteiger partial charge is 0.123 e. The summed E-state index contributed by atoms with van der Waals surface area (Å²) in [5.41, 5.74) is 3.22. The maximum absolute atomic E-state index is 13.6. The maximum atomic E-state index is 13.6. The number of hydrogen-bond acceptors (Lipinski definition) is 2. The zero-order chi connectivity index (χ0) is 21.7. The molecule has 1 aromatic heterocycles. The molecule has 0 bridgehead atoms. The van der Waals surface area contributed by atoms with E-state index in [-0.39, 0.29) is 11.6 Å². The summed E-state index contributed by atoms with van der Waals surface area (Å²) in [6.45, 7) is 0. The molecular formula is C27H17F2N3. The van der Waals surface area contributed by atoms with Gasteiger partial charge in [-0.2, -0.15) is 15.0 Å². The van der Waals surface area contributed by atoms with Gasteiger partial charge in [-0.25, -0.2) is 8.78 Å². The molecule has 0 saturated carbocycles. The highest BCUT2D eigenvalue weighted by atomic mass is 19.1. The molecule has 5 aromatic carbocycles. The van der Waals surface area contributed by atoms with Crippen LogP contribution in [0, 0.1) is 11.6 Å². The highest BCUT2D eigenvalue weighted by Gasteiger charge is 2.22. The van der Waals surface area contributed by atoms with E-state index in [0.29, 0.717) is 0 Å². The Labute approximate surface area is 182 Å². The highest BCUT2D eigenvalue weighted by molar-refractivity contribution is 6.22. The monoisotopic (exact) mass is 421 g/mol.